The maximum atomic E-state index is 11.9. The summed E-state index contributed by atoms with van der Waals surface area (Å²) >= 11 is 0. The van der Waals surface area contributed by atoms with E-state index in [1.54, 1.807) is 13.0 Å². The molecule has 1 aliphatic carbocycles. The predicted molar refractivity (Wildman–Crippen MR) is 81.4 cm³/mol. The summed E-state index contributed by atoms with van der Waals surface area (Å²) in [5.74, 6) is -0.726. The average molecular weight is 287 g/mol. The first-order valence-electron chi connectivity index (χ1n) is 7.39. The van der Waals surface area contributed by atoms with Crippen molar-refractivity contribution in [2.45, 2.75) is 44.8 Å². The van der Waals surface area contributed by atoms with Crippen LogP contribution in [0, 0.1) is 0 Å². The molecule has 0 saturated heterocycles. The molecule has 1 fully saturated rings. The van der Waals surface area contributed by atoms with Crippen LogP contribution in [0.2, 0.25) is 0 Å². The number of ether oxygens (including phenoxy) is 1. The molecule has 2 rings (SSSR count). The van der Waals surface area contributed by atoms with E-state index in [4.69, 9.17) is 4.74 Å². The van der Waals surface area contributed by atoms with E-state index in [-0.39, 0.29) is 11.9 Å². The molecule has 1 N–H and O–H groups in total. The van der Waals surface area contributed by atoms with Crippen LogP contribution in [0.4, 0.5) is 0 Å². The molecule has 0 aliphatic heterocycles. The van der Waals surface area contributed by atoms with Gasteiger partial charge in [0.15, 0.2) is 6.10 Å². The molecule has 112 valence electrons. The standard InChI is InChI=1S/C17H21NO3/c1-13(17(20)18-15-9-5-6-10-15)21-16(19)12-11-14-7-3-2-4-8-14/h2-4,7-8,11-13,15H,5-6,9-10H2,1H3,(H,18,20)/b12-11+/t13-/m0/s1. The number of carbonyl (C=O) groups excluding carboxylic acids is 2. The van der Waals surface area contributed by atoms with Gasteiger partial charge >= 0.3 is 5.97 Å². The summed E-state index contributed by atoms with van der Waals surface area (Å²) in [5, 5.41) is 2.92. The van der Waals surface area contributed by atoms with Gasteiger partial charge in [0, 0.05) is 12.1 Å². The highest BCUT2D eigenvalue weighted by atomic mass is 16.5. The van der Waals surface area contributed by atoms with Crippen LogP contribution in [0.3, 0.4) is 0 Å². The van der Waals surface area contributed by atoms with Gasteiger partial charge in [-0.15, -0.1) is 0 Å². The second-order valence-corrected chi connectivity index (χ2v) is 5.31. The molecule has 4 nitrogen and oxygen atoms in total. The Kier molecular flexibility index (Phi) is 5.55. The molecule has 4 heteroatoms. The van der Waals surface area contributed by atoms with Gasteiger partial charge in [-0.25, -0.2) is 4.79 Å². The first-order valence-corrected chi connectivity index (χ1v) is 7.39. The minimum Gasteiger partial charge on any atom is -0.449 e. The van der Waals surface area contributed by atoms with Crippen LogP contribution in [0.15, 0.2) is 36.4 Å². The van der Waals surface area contributed by atoms with E-state index in [1.807, 2.05) is 30.3 Å². The first-order chi connectivity index (χ1) is 10.1. The fourth-order valence-electron chi connectivity index (χ4n) is 2.38. The normalized spacial score (nSPS) is 16.8. The van der Waals surface area contributed by atoms with Gasteiger partial charge in [0.2, 0.25) is 0 Å². The lowest BCUT2D eigenvalue weighted by molar-refractivity contribution is -0.150. The van der Waals surface area contributed by atoms with Crippen molar-refractivity contribution in [2.24, 2.45) is 0 Å². The molecule has 0 aromatic heterocycles. The van der Waals surface area contributed by atoms with Crippen LogP contribution in [-0.4, -0.2) is 24.0 Å². The van der Waals surface area contributed by atoms with E-state index in [0.29, 0.717) is 0 Å². The Bertz CT molecular complexity index is 504. The minimum atomic E-state index is -0.765. The number of hydrogen-bond donors (Lipinski definition) is 1. The second-order valence-electron chi connectivity index (χ2n) is 5.31. The van der Waals surface area contributed by atoms with Crippen molar-refractivity contribution in [1.82, 2.24) is 5.32 Å². The number of hydrogen-bond acceptors (Lipinski definition) is 3. The monoisotopic (exact) mass is 287 g/mol. The maximum absolute atomic E-state index is 11.9. The SMILES string of the molecule is C[C@H](OC(=O)/C=C/c1ccccc1)C(=O)NC1CCCC1. The van der Waals surface area contributed by atoms with Crippen LogP contribution in [0.25, 0.3) is 6.08 Å². The molecule has 0 bridgehead atoms. The number of nitrogens with one attached hydrogen (secondary N) is 1. The molecule has 1 amide bonds. The van der Waals surface area contributed by atoms with Gasteiger partial charge in [0.25, 0.3) is 5.91 Å². The van der Waals surface area contributed by atoms with Crippen molar-refractivity contribution in [3.8, 4) is 0 Å². The van der Waals surface area contributed by atoms with E-state index in [2.05, 4.69) is 5.32 Å². The predicted octanol–water partition coefficient (Wildman–Crippen LogP) is 2.69. The summed E-state index contributed by atoms with van der Waals surface area (Å²) in [6.45, 7) is 1.60. The number of carbonyl (C=O) groups is 2. The zero-order valence-electron chi connectivity index (χ0n) is 12.2. The third kappa shape index (κ3) is 5.06. The Morgan fingerprint density at radius 2 is 1.90 bits per heavy atom. The van der Waals surface area contributed by atoms with E-state index in [0.717, 1.165) is 31.2 Å². The number of benzene rings is 1. The lowest BCUT2D eigenvalue weighted by Gasteiger charge is -2.16. The Morgan fingerprint density at radius 3 is 2.57 bits per heavy atom. The van der Waals surface area contributed by atoms with E-state index in [1.165, 1.54) is 6.08 Å². The molecule has 0 heterocycles. The van der Waals surface area contributed by atoms with Gasteiger partial charge in [-0.2, -0.15) is 0 Å². The largest absolute Gasteiger partial charge is 0.449 e. The Morgan fingerprint density at radius 1 is 1.24 bits per heavy atom. The van der Waals surface area contributed by atoms with Crippen molar-refractivity contribution in [2.75, 3.05) is 0 Å². The summed E-state index contributed by atoms with van der Waals surface area (Å²) in [7, 11) is 0. The van der Waals surface area contributed by atoms with Gasteiger partial charge in [-0.1, -0.05) is 43.2 Å². The maximum Gasteiger partial charge on any atom is 0.331 e. The average Bonchev–Trinajstić information content (AvgIpc) is 2.99. The highest BCUT2D eigenvalue weighted by Gasteiger charge is 2.22. The molecule has 1 atom stereocenters. The lowest BCUT2D eigenvalue weighted by atomic mass is 10.2. The van der Waals surface area contributed by atoms with E-state index in [9.17, 15) is 9.59 Å². The van der Waals surface area contributed by atoms with Crippen LogP contribution in [0.1, 0.15) is 38.2 Å². The topological polar surface area (TPSA) is 55.4 Å². The minimum absolute atomic E-state index is 0.219. The van der Waals surface area contributed by atoms with Gasteiger partial charge in [0.05, 0.1) is 0 Å². The smallest absolute Gasteiger partial charge is 0.331 e. The molecule has 21 heavy (non-hydrogen) atoms. The number of amides is 1. The van der Waals surface area contributed by atoms with Gasteiger partial charge in [-0.3, -0.25) is 4.79 Å². The van der Waals surface area contributed by atoms with Crippen molar-refractivity contribution >= 4 is 18.0 Å². The van der Waals surface area contributed by atoms with Crippen LogP contribution >= 0.6 is 0 Å². The molecule has 0 radical (unpaired) electrons. The third-order valence-electron chi connectivity index (χ3n) is 3.58. The molecule has 0 spiro atoms. The molecule has 1 aliphatic rings. The molecule has 1 aromatic rings. The highest BCUT2D eigenvalue weighted by molar-refractivity contribution is 5.90. The van der Waals surface area contributed by atoms with Gasteiger partial charge in [-0.05, 0) is 31.4 Å². The Hall–Kier alpha value is -2.10. The summed E-state index contributed by atoms with van der Waals surface area (Å²) < 4.78 is 5.11. The van der Waals surface area contributed by atoms with Crippen LogP contribution < -0.4 is 5.32 Å². The molecular weight excluding hydrogens is 266 g/mol. The fourth-order valence-corrected chi connectivity index (χ4v) is 2.38. The van der Waals surface area contributed by atoms with Crippen LogP contribution in [0.5, 0.6) is 0 Å². The Balaban J connectivity index is 1.78. The van der Waals surface area contributed by atoms with E-state index >= 15 is 0 Å². The number of esters is 1. The van der Waals surface area contributed by atoms with Crippen molar-refractivity contribution < 1.29 is 14.3 Å². The summed E-state index contributed by atoms with van der Waals surface area (Å²) in [6, 6.07) is 9.70. The third-order valence-corrected chi connectivity index (χ3v) is 3.58. The Labute approximate surface area is 125 Å². The zero-order valence-corrected chi connectivity index (χ0v) is 12.2. The quantitative estimate of drug-likeness (QED) is 0.669. The highest BCUT2D eigenvalue weighted by Crippen LogP contribution is 2.17. The van der Waals surface area contributed by atoms with Crippen LogP contribution in [-0.2, 0) is 14.3 Å². The number of rotatable bonds is 5. The second kappa shape index (κ2) is 7.62. The molecule has 1 aromatic carbocycles. The van der Waals surface area contributed by atoms with Gasteiger partial charge in [0.1, 0.15) is 0 Å². The summed E-state index contributed by atoms with van der Waals surface area (Å²) in [5.41, 5.74) is 0.914. The summed E-state index contributed by atoms with van der Waals surface area (Å²) in [6.07, 6.45) is 6.58. The summed E-state index contributed by atoms with van der Waals surface area (Å²) in [4.78, 5) is 23.6. The molecular formula is C17H21NO3. The fraction of sp³-hybridized carbons (Fsp3) is 0.412. The molecule has 1 saturated carbocycles. The first kappa shape index (κ1) is 15.3. The van der Waals surface area contributed by atoms with Crippen molar-refractivity contribution in [3.63, 3.8) is 0 Å². The van der Waals surface area contributed by atoms with Crippen molar-refractivity contribution in [3.05, 3.63) is 42.0 Å². The lowest BCUT2D eigenvalue weighted by Crippen LogP contribution is -2.40. The van der Waals surface area contributed by atoms with Crippen molar-refractivity contribution in [1.29, 1.82) is 0 Å². The molecule has 0 unspecified atom stereocenters. The van der Waals surface area contributed by atoms with Gasteiger partial charge < -0.3 is 10.1 Å². The van der Waals surface area contributed by atoms with E-state index < -0.39 is 12.1 Å². The zero-order chi connectivity index (χ0) is 15.1.